The molecule has 2 saturated heterocycles. The van der Waals surface area contributed by atoms with Crippen molar-refractivity contribution < 1.29 is 4.74 Å². The van der Waals surface area contributed by atoms with Crippen LogP contribution in [-0.2, 0) is 4.74 Å². The van der Waals surface area contributed by atoms with E-state index in [2.05, 4.69) is 49.8 Å². The lowest BCUT2D eigenvalue weighted by Gasteiger charge is -2.55. The molecule has 0 bridgehead atoms. The Balaban J connectivity index is 1.83. The molecule has 20 heavy (non-hydrogen) atoms. The molecule has 5 nitrogen and oxygen atoms in total. The fourth-order valence-corrected chi connectivity index (χ4v) is 2.80. The van der Waals surface area contributed by atoms with Gasteiger partial charge in [0, 0.05) is 29.9 Å². The number of aromatic nitrogens is 2. The summed E-state index contributed by atoms with van der Waals surface area (Å²) in [5, 5.41) is 3.37. The number of anilines is 2. The van der Waals surface area contributed by atoms with Gasteiger partial charge < -0.3 is 15.0 Å². The fraction of sp³-hybridized carbons (Fsp3) is 0.733. The van der Waals surface area contributed by atoms with E-state index >= 15 is 0 Å². The maximum atomic E-state index is 5.34. The molecule has 2 fully saturated rings. The number of ether oxygens (including phenoxy) is 1. The Morgan fingerprint density at radius 2 is 1.80 bits per heavy atom. The molecule has 0 aromatic carbocycles. The molecule has 110 valence electrons. The van der Waals surface area contributed by atoms with Gasteiger partial charge in [0.1, 0.15) is 5.82 Å². The van der Waals surface area contributed by atoms with Crippen LogP contribution in [0, 0.1) is 19.3 Å². The Morgan fingerprint density at radius 1 is 1.15 bits per heavy atom. The number of aryl methyl sites for hydroxylation is 1. The minimum absolute atomic E-state index is 0.0308. The Kier molecular flexibility index (Phi) is 2.94. The normalized spacial score (nSPS) is 20.6. The van der Waals surface area contributed by atoms with Crippen LogP contribution >= 0.6 is 0 Å². The minimum atomic E-state index is -0.0308. The lowest BCUT2D eigenvalue weighted by molar-refractivity contribution is -0.127. The maximum Gasteiger partial charge on any atom is 0.225 e. The third-order valence-corrected chi connectivity index (χ3v) is 4.02. The molecule has 0 unspecified atom stereocenters. The molecule has 0 aliphatic carbocycles. The summed E-state index contributed by atoms with van der Waals surface area (Å²) in [6.45, 7) is 14.4. The van der Waals surface area contributed by atoms with E-state index in [0.717, 1.165) is 43.8 Å². The molecule has 3 heterocycles. The quantitative estimate of drug-likeness (QED) is 0.897. The summed E-state index contributed by atoms with van der Waals surface area (Å²) >= 11 is 0. The van der Waals surface area contributed by atoms with Gasteiger partial charge in [-0.05, 0) is 34.6 Å². The number of nitrogens with zero attached hydrogens (tertiary/aromatic N) is 3. The third kappa shape index (κ3) is 2.35. The molecule has 1 spiro atoms. The fourth-order valence-electron chi connectivity index (χ4n) is 2.80. The van der Waals surface area contributed by atoms with E-state index in [1.807, 2.05) is 0 Å². The largest absolute Gasteiger partial charge is 0.380 e. The van der Waals surface area contributed by atoms with Crippen molar-refractivity contribution in [1.29, 1.82) is 0 Å². The summed E-state index contributed by atoms with van der Waals surface area (Å²) in [6, 6.07) is 0. The maximum absolute atomic E-state index is 5.34. The zero-order valence-electron chi connectivity index (χ0n) is 13.1. The highest BCUT2D eigenvalue weighted by atomic mass is 16.5. The zero-order chi connectivity index (χ0) is 14.5. The van der Waals surface area contributed by atoms with Crippen LogP contribution in [-0.4, -0.2) is 41.8 Å². The van der Waals surface area contributed by atoms with Crippen molar-refractivity contribution in [3.63, 3.8) is 0 Å². The molecular formula is C15H24N4O. The second-order valence-electron chi connectivity index (χ2n) is 7.31. The lowest BCUT2D eigenvalue weighted by Crippen LogP contribution is -2.66. The van der Waals surface area contributed by atoms with Crippen LogP contribution < -0.4 is 10.2 Å². The van der Waals surface area contributed by atoms with Gasteiger partial charge in [0.15, 0.2) is 0 Å². The second-order valence-corrected chi connectivity index (χ2v) is 7.31. The van der Waals surface area contributed by atoms with Crippen molar-refractivity contribution >= 4 is 11.8 Å². The lowest BCUT2D eigenvalue weighted by atomic mass is 9.78. The average molecular weight is 276 g/mol. The van der Waals surface area contributed by atoms with E-state index in [4.69, 9.17) is 9.72 Å². The van der Waals surface area contributed by atoms with Gasteiger partial charge in [-0.1, -0.05) is 0 Å². The van der Waals surface area contributed by atoms with Crippen LogP contribution in [0.3, 0.4) is 0 Å². The van der Waals surface area contributed by atoms with Crippen LogP contribution in [0.4, 0.5) is 11.8 Å². The summed E-state index contributed by atoms with van der Waals surface area (Å²) in [5.41, 5.74) is 2.60. The Bertz CT molecular complexity index is 523. The molecule has 1 N–H and O–H groups in total. The standard InChI is InChI=1S/C15H24N4O/c1-10-11(2)16-13(18-14(3,4)5)17-12(10)19-6-15(7-19)8-20-9-15/h6-9H2,1-5H3,(H,16,17,18). The van der Waals surface area contributed by atoms with Crippen molar-refractivity contribution in [1.82, 2.24) is 9.97 Å². The highest BCUT2D eigenvalue weighted by Gasteiger charge is 2.49. The van der Waals surface area contributed by atoms with E-state index in [1.165, 1.54) is 5.56 Å². The predicted molar refractivity (Wildman–Crippen MR) is 80.3 cm³/mol. The second kappa shape index (κ2) is 4.32. The van der Waals surface area contributed by atoms with Crippen LogP contribution in [0.1, 0.15) is 32.0 Å². The highest BCUT2D eigenvalue weighted by molar-refractivity contribution is 5.55. The first-order valence-corrected chi connectivity index (χ1v) is 7.24. The minimum Gasteiger partial charge on any atom is -0.380 e. The number of rotatable bonds is 2. The number of hydrogen-bond donors (Lipinski definition) is 1. The Morgan fingerprint density at radius 3 is 2.30 bits per heavy atom. The smallest absolute Gasteiger partial charge is 0.225 e. The van der Waals surface area contributed by atoms with Crippen LogP contribution in [0.15, 0.2) is 0 Å². The molecular weight excluding hydrogens is 252 g/mol. The molecule has 5 heteroatoms. The summed E-state index contributed by atoms with van der Waals surface area (Å²) in [4.78, 5) is 11.6. The van der Waals surface area contributed by atoms with Crippen molar-refractivity contribution in [3.8, 4) is 0 Å². The SMILES string of the molecule is Cc1nc(NC(C)(C)C)nc(N2CC3(COC3)C2)c1C. The van der Waals surface area contributed by atoms with Gasteiger partial charge in [-0.3, -0.25) is 0 Å². The van der Waals surface area contributed by atoms with E-state index < -0.39 is 0 Å². The van der Waals surface area contributed by atoms with Crippen molar-refractivity contribution in [3.05, 3.63) is 11.3 Å². The van der Waals surface area contributed by atoms with E-state index in [1.54, 1.807) is 0 Å². The Labute approximate surface area is 120 Å². The molecule has 2 aliphatic heterocycles. The third-order valence-electron chi connectivity index (χ3n) is 4.02. The Hall–Kier alpha value is -1.36. The van der Waals surface area contributed by atoms with Gasteiger partial charge >= 0.3 is 0 Å². The summed E-state index contributed by atoms with van der Waals surface area (Å²) in [6.07, 6.45) is 0. The molecule has 0 saturated carbocycles. The molecule has 0 radical (unpaired) electrons. The summed E-state index contributed by atoms with van der Waals surface area (Å²) < 4.78 is 5.34. The van der Waals surface area contributed by atoms with Crippen LogP contribution in [0.5, 0.6) is 0 Å². The summed E-state index contributed by atoms with van der Waals surface area (Å²) in [5.74, 6) is 1.79. The van der Waals surface area contributed by atoms with E-state index in [9.17, 15) is 0 Å². The molecule has 3 rings (SSSR count). The van der Waals surface area contributed by atoms with Gasteiger partial charge in [-0.15, -0.1) is 0 Å². The van der Waals surface area contributed by atoms with Crippen LogP contribution in [0.25, 0.3) is 0 Å². The average Bonchev–Trinajstić information content (AvgIpc) is 2.18. The van der Waals surface area contributed by atoms with E-state index in [0.29, 0.717) is 5.41 Å². The van der Waals surface area contributed by atoms with Crippen molar-refractivity contribution in [2.45, 2.75) is 40.2 Å². The number of hydrogen-bond acceptors (Lipinski definition) is 5. The van der Waals surface area contributed by atoms with Gasteiger partial charge in [0.2, 0.25) is 5.95 Å². The van der Waals surface area contributed by atoms with Crippen molar-refractivity contribution in [2.24, 2.45) is 5.41 Å². The highest BCUT2D eigenvalue weighted by Crippen LogP contribution is 2.40. The zero-order valence-corrected chi connectivity index (χ0v) is 13.1. The first-order valence-electron chi connectivity index (χ1n) is 7.24. The molecule has 1 aromatic heterocycles. The van der Waals surface area contributed by atoms with E-state index in [-0.39, 0.29) is 5.54 Å². The monoisotopic (exact) mass is 276 g/mol. The topological polar surface area (TPSA) is 50.3 Å². The number of nitrogens with one attached hydrogen (secondary N) is 1. The van der Waals surface area contributed by atoms with Gasteiger partial charge in [-0.2, -0.15) is 4.98 Å². The van der Waals surface area contributed by atoms with Gasteiger partial charge in [-0.25, -0.2) is 4.98 Å². The molecule has 0 atom stereocenters. The summed E-state index contributed by atoms with van der Waals surface area (Å²) in [7, 11) is 0. The predicted octanol–water partition coefficient (Wildman–Crippen LogP) is 2.14. The van der Waals surface area contributed by atoms with Crippen LogP contribution in [0.2, 0.25) is 0 Å². The first-order chi connectivity index (χ1) is 9.28. The first kappa shape index (κ1) is 13.6. The molecule has 2 aliphatic rings. The van der Waals surface area contributed by atoms with Crippen molar-refractivity contribution in [2.75, 3.05) is 36.5 Å². The van der Waals surface area contributed by atoms with Gasteiger partial charge in [0.05, 0.1) is 18.6 Å². The molecule has 0 amide bonds. The van der Waals surface area contributed by atoms with Gasteiger partial charge in [0.25, 0.3) is 0 Å². The molecule has 1 aromatic rings.